The number of methoxy groups -OCH3 is 1. The van der Waals surface area contributed by atoms with Crippen LogP contribution in [0, 0.1) is 21.4 Å². The van der Waals surface area contributed by atoms with Crippen molar-refractivity contribution < 1.29 is 14.1 Å². The highest BCUT2D eigenvalue weighted by Gasteiger charge is 2.23. The van der Waals surface area contributed by atoms with Crippen LogP contribution in [0.4, 0.5) is 5.69 Å². The molecule has 0 saturated heterocycles. The summed E-state index contributed by atoms with van der Waals surface area (Å²) >= 11 is 0. The summed E-state index contributed by atoms with van der Waals surface area (Å²) in [5.74, 6) is -0.0117. The van der Waals surface area contributed by atoms with Gasteiger partial charge in [0.25, 0.3) is 5.69 Å². The predicted molar refractivity (Wildman–Crippen MR) is 93.8 cm³/mol. The summed E-state index contributed by atoms with van der Waals surface area (Å²) in [7, 11) is 1.30. The molecule has 2 aromatic carbocycles. The first-order chi connectivity index (χ1) is 12.6. The lowest BCUT2D eigenvalue weighted by atomic mass is 9.97. The Balaban J connectivity index is 2.33. The van der Waals surface area contributed by atoms with E-state index >= 15 is 0 Å². The number of hydrogen-bond acceptors (Lipinski definition) is 6. The third-order valence-corrected chi connectivity index (χ3v) is 3.80. The Bertz CT molecular complexity index is 1060. The quantitative estimate of drug-likeness (QED) is 0.525. The van der Waals surface area contributed by atoms with Crippen molar-refractivity contribution in [3.05, 3.63) is 80.7 Å². The van der Waals surface area contributed by atoms with Gasteiger partial charge in [-0.05, 0) is 17.7 Å². The van der Waals surface area contributed by atoms with Crippen LogP contribution in [-0.4, -0.2) is 12.0 Å². The number of nitro groups is 1. The monoisotopic (exact) mass is 348 g/mol. The summed E-state index contributed by atoms with van der Waals surface area (Å²) in [5.41, 5.74) is 0.513. The van der Waals surface area contributed by atoms with Crippen LogP contribution in [0.25, 0.3) is 22.5 Å². The number of non-ortho nitro benzene ring substituents is 1. The van der Waals surface area contributed by atoms with Gasteiger partial charge in [0, 0.05) is 17.7 Å². The van der Waals surface area contributed by atoms with E-state index in [1.165, 1.54) is 31.4 Å². The van der Waals surface area contributed by atoms with Gasteiger partial charge in [-0.3, -0.25) is 10.1 Å². The van der Waals surface area contributed by atoms with Crippen LogP contribution in [0.1, 0.15) is 5.56 Å². The highest BCUT2D eigenvalue weighted by Crippen LogP contribution is 2.36. The lowest BCUT2D eigenvalue weighted by Crippen LogP contribution is -2.09. The van der Waals surface area contributed by atoms with Gasteiger partial charge in [-0.15, -0.1) is 0 Å². The minimum atomic E-state index is -0.737. The minimum Gasteiger partial charge on any atom is -0.489 e. The molecule has 3 rings (SSSR count). The second kappa shape index (κ2) is 6.91. The Morgan fingerprint density at radius 2 is 1.73 bits per heavy atom. The van der Waals surface area contributed by atoms with Crippen LogP contribution in [0.5, 0.6) is 5.75 Å². The number of benzene rings is 2. The first kappa shape index (κ1) is 16.9. The maximum absolute atomic E-state index is 12.4. The summed E-state index contributed by atoms with van der Waals surface area (Å²) in [4.78, 5) is 22.7. The molecule has 0 bridgehead atoms. The second-order valence-corrected chi connectivity index (χ2v) is 5.28. The zero-order chi connectivity index (χ0) is 18.7. The number of hydrogen-bond donors (Lipinski definition) is 0. The van der Waals surface area contributed by atoms with Gasteiger partial charge in [0.05, 0.1) is 17.6 Å². The molecule has 1 aromatic heterocycles. The standard InChI is InChI=1S/C19H12N2O5/c1-25-18-16(12-7-9-14(10-8-12)21(23)24)15(11-20)17(26-19(18)22)13-5-3-2-4-6-13/h2-10H,1H3. The molecule has 0 amide bonds. The first-order valence-corrected chi connectivity index (χ1v) is 7.52. The van der Waals surface area contributed by atoms with E-state index in [1.54, 1.807) is 30.3 Å². The molecule has 0 saturated carbocycles. The van der Waals surface area contributed by atoms with Gasteiger partial charge in [0.1, 0.15) is 11.6 Å². The van der Waals surface area contributed by atoms with Crippen LogP contribution < -0.4 is 10.4 Å². The molecule has 0 aliphatic carbocycles. The Morgan fingerprint density at radius 3 is 2.27 bits per heavy atom. The van der Waals surface area contributed by atoms with E-state index in [0.29, 0.717) is 11.1 Å². The lowest BCUT2D eigenvalue weighted by Gasteiger charge is -2.12. The lowest BCUT2D eigenvalue weighted by molar-refractivity contribution is -0.384. The molecule has 3 aromatic rings. The summed E-state index contributed by atoms with van der Waals surface area (Å²) < 4.78 is 10.5. The fourth-order valence-corrected chi connectivity index (χ4v) is 2.63. The number of nitriles is 1. The van der Waals surface area contributed by atoms with Crippen LogP contribution in [0.3, 0.4) is 0 Å². The van der Waals surface area contributed by atoms with Crippen molar-refractivity contribution in [3.8, 4) is 34.3 Å². The molecule has 0 unspecified atom stereocenters. The third kappa shape index (κ3) is 2.91. The average molecular weight is 348 g/mol. The molecule has 128 valence electrons. The van der Waals surface area contributed by atoms with Gasteiger partial charge in [0.15, 0.2) is 5.76 Å². The number of nitro benzene ring substituents is 1. The largest absolute Gasteiger partial charge is 0.489 e. The fraction of sp³-hybridized carbons (Fsp3) is 0.0526. The Morgan fingerprint density at radius 1 is 1.08 bits per heavy atom. The molecule has 0 spiro atoms. The van der Waals surface area contributed by atoms with E-state index in [1.807, 2.05) is 0 Å². The smallest absolute Gasteiger partial charge is 0.379 e. The second-order valence-electron chi connectivity index (χ2n) is 5.28. The Labute approximate surface area is 147 Å². The highest BCUT2D eigenvalue weighted by atomic mass is 16.6. The van der Waals surface area contributed by atoms with Gasteiger partial charge in [-0.2, -0.15) is 5.26 Å². The van der Waals surface area contributed by atoms with Gasteiger partial charge in [-0.1, -0.05) is 30.3 Å². The van der Waals surface area contributed by atoms with E-state index in [2.05, 4.69) is 6.07 Å². The molecule has 0 fully saturated rings. The van der Waals surface area contributed by atoms with E-state index in [-0.39, 0.29) is 28.3 Å². The predicted octanol–water partition coefficient (Wildman–Crippen LogP) is 3.76. The van der Waals surface area contributed by atoms with Crippen molar-refractivity contribution in [1.82, 2.24) is 0 Å². The molecule has 0 N–H and O–H groups in total. The Kier molecular flexibility index (Phi) is 4.50. The Hall–Kier alpha value is -3.92. The number of rotatable bonds is 4. The summed E-state index contributed by atoms with van der Waals surface area (Å²) in [5, 5.41) is 20.6. The third-order valence-electron chi connectivity index (χ3n) is 3.80. The van der Waals surface area contributed by atoms with Gasteiger partial charge < -0.3 is 9.15 Å². The molecular weight excluding hydrogens is 336 g/mol. The summed E-state index contributed by atoms with van der Waals surface area (Å²) in [6, 6.07) is 16.3. The summed E-state index contributed by atoms with van der Waals surface area (Å²) in [6.07, 6.45) is 0. The molecule has 0 atom stereocenters. The van der Waals surface area contributed by atoms with E-state index < -0.39 is 10.5 Å². The molecule has 0 aliphatic heterocycles. The fourth-order valence-electron chi connectivity index (χ4n) is 2.63. The van der Waals surface area contributed by atoms with E-state index in [9.17, 15) is 20.2 Å². The molecule has 0 aliphatic rings. The molecule has 7 heteroatoms. The topological polar surface area (TPSA) is 106 Å². The number of nitrogens with zero attached hydrogens (tertiary/aromatic N) is 2. The highest BCUT2D eigenvalue weighted by molar-refractivity contribution is 5.82. The van der Waals surface area contributed by atoms with E-state index in [0.717, 1.165) is 0 Å². The van der Waals surface area contributed by atoms with Crippen molar-refractivity contribution in [1.29, 1.82) is 5.26 Å². The van der Waals surface area contributed by atoms with E-state index in [4.69, 9.17) is 9.15 Å². The number of ether oxygens (including phenoxy) is 1. The van der Waals surface area contributed by atoms with Crippen LogP contribution >= 0.6 is 0 Å². The van der Waals surface area contributed by atoms with Crippen molar-refractivity contribution in [2.75, 3.05) is 7.11 Å². The van der Waals surface area contributed by atoms with Crippen LogP contribution in [-0.2, 0) is 0 Å². The SMILES string of the molecule is COc1c(-c2ccc([N+](=O)[O-])cc2)c(C#N)c(-c2ccccc2)oc1=O. The zero-order valence-corrected chi connectivity index (χ0v) is 13.6. The molecule has 7 nitrogen and oxygen atoms in total. The van der Waals surface area contributed by atoms with Crippen molar-refractivity contribution in [2.45, 2.75) is 0 Å². The van der Waals surface area contributed by atoms with Crippen LogP contribution in [0.2, 0.25) is 0 Å². The molecular formula is C19H12N2O5. The maximum Gasteiger partial charge on any atom is 0.379 e. The average Bonchev–Trinajstić information content (AvgIpc) is 2.67. The zero-order valence-electron chi connectivity index (χ0n) is 13.6. The maximum atomic E-state index is 12.4. The molecule has 26 heavy (non-hydrogen) atoms. The van der Waals surface area contributed by atoms with Crippen molar-refractivity contribution >= 4 is 5.69 Å². The van der Waals surface area contributed by atoms with Gasteiger partial charge >= 0.3 is 5.63 Å². The first-order valence-electron chi connectivity index (χ1n) is 7.52. The normalized spacial score (nSPS) is 10.2. The summed E-state index contributed by atoms with van der Waals surface area (Å²) in [6.45, 7) is 0. The van der Waals surface area contributed by atoms with Gasteiger partial charge in [0.2, 0.25) is 5.75 Å². The van der Waals surface area contributed by atoms with Crippen molar-refractivity contribution in [3.63, 3.8) is 0 Å². The van der Waals surface area contributed by atoms with Gasteiger partial charge in [-0.25, -0.2) is 4.79 Å². The molecule has 1 heterocycles. The van der Waals surface area contributed by atoms with Crippen molar-refractivity contribution in [2.24, 2.45) is 0 Å². The minimum absolute atomic E-state index is 0.0996. The molecule has 0 radical (unpaired) electrons. The van der Waals surface area contributed by atoms with Crippen LogP contribution in [0.15, 0.2) is 63.8 Å².